The van der Waals surface area contributed by atoms with E-state index < -0.39 is 17.3 Å². The number of halogens is 3. The van der Waals surface area contributed by atoms with Gasteiger partial charge in [0.1, 0.15) is 5.75 Å². The minimum atomic E-state index is -4.58. The molecule has 2 rings (SSSR count). The Morgan fingerprint density at radius 3 is 2.48 bits per heavy atom. The number of hydrogen-bond donors (Lipinski definition) is 1. The van der Waals surface area contributed by atoms with E-state index in [0.29, 0.717) is 11.4 Å². The third-order valence-electron chi connectivity index (χ3n) is 2.81. The second-order valence-corrected chi connectivity index (χ2v) is 4.46. The summed E-state index contributed by atoms with van der Waals surface area (Å²) in [5.41, 5.74) is 5.51. The molecule has 0 bridgehead atoms. The van der Waals surface area contributed by atoms with Crippen LogP contribution >= 0.6 is 0 Å². The molecule has 0 heterocycles. The van der Waals surface area contributed by atoms with Gasteiger partial charge in [-0.1, -0.05) is 6.07 Å². The Labute approximate surface area is 119 Å². The van der Waals surface area contributed by atoms with Crippen molar-refractivity contribution < 1.29 is 17.9 Å². The van der Waals surface area contributed by atoms with Crippen molar-refractivity contribution in [2.75, 3.05) is 5.73 Å². The summed E-state index contributed by atoms with van der Waals surface area (Å²) >= 11 is 0. The van der Waals surface area contributed by atoms with E-state index >= 15 is 0 Å². The molecular formula is C15H11F3N2O. The molecule has 0 aromatic heterocycles. The zero-order valence-corrected chi connectivity index (χ0v) is 11.0. The maximum absolute atomic E-state index is 12.7. The Morgan fingerprint density at radius 2 is 1.86 bits per heavy atom. The lowest BCUT2D eigenvalue weighted by Crippen LogP contribution is -2.07. The van der Waals surface area contributed by atoms with Crippen molar-refractivity contribution in [3.63, 3.8) is 0 Å². The van der Waals surface area contributed by atoms with Crippen LogP contribution < -0.4 is 10.5 Å². The van der Waals surface area contributed by atoms with Crippen molar-refractivity contribution >= 4 is 5.69 Å². The Balaban J connectivity index is 2.39. The lowest BCUT2D eigenvalue weighted by molar-refractivity contribution is -0.137. The van der Waals surface area contributed by atoms with Crippen LogP contribution in [0.15, 0.2) is 36.4 Å². The first kappa shape index (κ1) is 14.7. The molecule has 0 saturated heterocycles. The molecule has 0 aliphatic rings. The first-order chi connectivity index (χ1) is 9.81. The lowest BCUT2D eigenvalue weighted by Gasteiger charge is -2.12. The summed E-state index contributed by atoms with van der Waals surface area (Å²) in [4.78, 5) is 0. The highest BCUT2D eigenvalue weighted by atomic mass is 19.4. The van der Waals surface area contributed by atoms with E-state index in [2.05, 4.69) is 0 Å². The fraction of sp³-hybridized carbons (Fsp3) is 0.133. The smallest absolute Gasteiger partial charge is 0.417 e. The van der Waals surface area contributed by atoms with Gasteiger partial charge < -0.3 is 10.5 Å². The van der Waals surface area contributed by atoms with Crippen LogP contribution in [0.4, 0.5) is 18.9 Å². The SMILES string of the molecule is Cc1ccc(N)c(Oc2ccc(C(F)(F)F)c(C#N)c2)c1. The van der Waals surface area contributed by atoms with Crippen LogP contribution in [0.2, 0.25) is 0 Å². The molecule has 2 aromatic rings. The Kier molecular flexibility index (Phi) is 3.76. The van der Waals surface area contributed by atoms with Gasteiger partial charge in [-0.2, -0.15) is 18.4 Å². The summed E-state index contributed by atoms with van der Waals surface area (Å²) in [5, 5.41) is 8.84. The summed E-state index contributed by atoms with van der Waals surface area (Å²) in [6, 6.07) is 9.64. The number of nitrogens with two attached hydrogens (primary N) is 1. The van der Waals surface area contributed by atoms with Gasteiger partial charge in [0.05, 0.1) is 22.9 Å². The number of benzene rings is 2. The molecular weight excluding hydrogens is 281 g/mol. The van der Waals surface area contributed by atoms with Crippen LogP contribution in [0, 0.1) is 18.3 Å². The zero-order valence-electron chi connectivity index (χ0n) is 11.0. The number of aryl methyl sites for hydroxylation is 1. The van der Waals surface area contributed by atoms with Crippen molar-refractivity contribution in [2.45, 2.75) is 13.1 Å². The second kappa shape index (κ2) is 5.37. The third-order valence-corrected chi connectivity index (χ3v) is 2.81. The van der Waals surface area contributed by atoms with Crippen LogP contribution in [-0.4, -0.2) is 0 Å². The maximum atomic E-state index is 12.7. The molecule has 0 atom stereocenters. The van der Waals surface area contributed by atoms with Gasteiger partial charge >= 0.3 is 6.18 Å². The van der Waals surface area contributed by atoms with Crippen molar-refractivity contribution in [1.82, 2.24) is 0 Å². The summed E-state index contributed by atoms with van der Waals surface area (Å²) in [6.45, 7) is 1.83. The summed E-state index contributed by atoms with van der Waals surface area (Å²) in [6.07, 6.45) is -4.58. The van der Waals surface area contributed by atoms with Crippen molar-refractivity contribution in [3.05, 3.63) is 53.1 Å². The van der Waals surface area contributed by atoms with E-state index in [1.807, 2.05) is 6.92 Å². The second-order valence-electron chi connectivity index (χ2n) is 4.46. The van der Waals surface area contributed by atoms with Crippen LogP contribution in [0.25, 0.3) is 0 Å². The first-order valence-corrected chi connectivity index (χ1v) is 5.96. The number of nitrogens with zero attached hydrogens (tertiary/aromatic N) is 1. The number of nitrogen functional groups attached to an aromatic ring is 1. The average Bonchev–Trinajstić information content (AvgIpc) is 2.41. The quantitative estimate of drug-likeness (QED) is 0.841. The molecule has 0 aliphatic carbocycles. The molecule has 3 nitrogen and oxygen atoms in total. The monoisotopic (exact) mass is 292 g/mol. The molecule has 108 valence electrons. The Bertz CT molecular complexity index is 718. The predicted molar refractivity (Wildman–Crippen MR) is 71.8 cm³/mol. The standard InChI is InChI=1S/C15H11F3N2O/c1-9-2-5-13(20)14(6-9)21-11-3-4-12(15(16,17)18)10(7-11)8-19/h2-7H,20H2,1H3. The van der Waals surface area contributed by atoms with Crippen LogP contribution in [-0.2, 0) is 6.18 Å². The highest BCUT2D eigenvalue weighted by Crippen LogP contribution is 2.35. The van der Waals surface area contributed by atoms with E-state index in [4.69, 9.17) is 15.7 Å². The zero-order chi connectivity index (χ0) is 15.6. The third kappa shape index (κ3) is 3.26. The molecule has 0 aliphatic heterocycles. The van der Waals surface area contributed by atoms with Gasteiger partial charge in [0.25, 0.3) is 0 Å². The number of ether oxygens (including phenoxy) is 1. The van der Waals surface area contributed by atoms with E-state index in [1.165, 1.54) is 6.07 Å². The highest BCUT2D eigenvalue weighted by Gasteiger charge is 2.33. The van der Waals surface area contributed by atoms with Gasteiger partial charge in [-0.3, -0.25) is 0 Å². The van der Waals surface area contributed by atoms with Crippen molar-refractivity contribution in [2.24, 2.45) is 0 Å². The molecule has 0 spiro atoms. The highest BCUT2D eigenvalue weighted by molar-refractivity contribution is 5.56. The molecule has 0 amide bonds. The molecule has 2 N–H and O–H groups in total. The van der Waals surface area contributed by atoms with Gasteiger partial charge in [0.15, 0.2) is 5.75 Å². The van der Waals surface area contributed by atoms with Gasteiger partial charge in [-0.15, -0.1) is 0 Å². The number of hydrogen-bond acceptors (Lipinski definition) is 3. The molecule has 0 radical (unpaired) electrons. The Morgan fingerprint density at radius 1 is 1.14 bits per heavy atom. The van der Waals surface area contributed by atoms with Crippen molar-refractivity contribution in [1.29, 1.82) is 5.26 Å². The van der Waals surface area contributed by atoms with Crippen molar-refractivity contribution in [3.8, 4) is 17.6 Å². The number of nitriles is 1. The van der Waals surface area contributed by atoms with E-state index in [9.17, 15) is 13.2 Å². The molecule has 2 aromatic carbocycles. The molecule has 21 heavy (non-hydrogen) atoms. The largest absolute Gasteiger partial charge is 0.455 e. The Hall–Kier alpha value is -2.68. The van der Waals surface area contributed by atoms with E-state index in [-0.39, 0.29) is 5.75 Å². The van der Waals surface area contributed by atoms with E-state index in [1.54, 1.807) is 18.2 Å². The fourth-order valence-electron chi connectivity index (χ4n) is 1.78. The number of rotatable bonds is 2. The van der Waals surface area contributed by atoms with Gasteiger partial charge in [-0.05, 0) is 42.8 Å². The summed E-state index contributed by atoms with van der Waals surface area (Å²) in [5.74, 6) is 0.454. The normalized spacial score (nSPS) is 11.0. The van der Waals surface area contributed by atoms with Gasteiger partial charge in [-0.25, -0.2) is 0 Å². The average molecular weight is 292 g/mol. The van der Waals surface area contributed by atoms with Crippen LogP contribution in [0.5, 0.6) is 11.5 Å². The van der Waals surface area contributed by atoms with Crippen LogP contribution in [0.1, 0.15) is 16.7 Å². The molecule has 6 heteroatoms. The minimum Gasteiger partial charge on any atom is -0.455 e. The molecule has 0 saturated carbocycles. The maximum Gasteiger partial charge on any atom is 0.417 e. The van der Waals surface area contributed by atoms with Gasteiger partial charge in [0, 0.05) is 0 Å². The van der Waals surface area contributed by atoms with Crippen LogP contribution in [0.3, 0.4) is 0 Å². The molecule has 0 fully saturated rings. The molecule has 0 unspecified atom stereocenters. The fourth-order valence-corrected chi connectivity index (χ4v) is 1.78. The predicted octanol–water partition coefficient (Wildman–Crippen LogP) is 4.26. The van der Waals surface area contributed by atoms with Gasteiger partial charge in [0.2, 0.25) is 0 Å². The summed E-state index contributed by atoms with van der Waals surface area (Å²) < 4.78 is 43.6. The summed E-state index contributed by atoms with van der Waals surface area (Å²) in [7, 11) is 0. The minimum absolute atomic E-state index is 0.122. The lowest BCUT2D eigenvalue weighted by atomic mass is 10.1. The first-order valence-electron chi connectivity index (χ1n) is 5.96. The van der Waals surface area contributed by atoms with E-state index in [0.717, 1.165) is 23.8 Å². The number of anilines is 1. The number of alkyl halides is 3. The topological polar surface area (TPSA) is 59.0 Å².